The Bertz CT molecular complexity index is 592. The second kappa shape index (κ2) is 15.3. The maximum atomic E-state index is 11.2. The molecule has 140 valence electrons. The summed E-state index contributed by atoms with van der Waals surface area (Å²) in [6.07, 6.45) is 0.763. The van der Waals surface area contributed by atoms with Crippen molar-refractivity contribution in [3.8, 4) is 0 Å². The number of hydrogen-bond acceptors (Lipinski definition) is 2. The van der Waals surface area contributed by atoms with Gasteiger partial charge in [-0.2, -0.15) is 0 Å². The average molecular weight is 345 g/mol. The normalized spacial score (nSPS) is 8.48. The van der Waals surface area contributed by atoms with Crippen LogP contribution < -0.4 is 11.1 Å². The van der Waals surface area contributed by atoms with Gasteiger partial charge in [0, 0.05) is 18.3 Å². The molecule has 0 saturated heterocycles. The van der Waals surface area contributed by atoms with Crippen LogP contribution in [0.4, 0.5) is 11.4 Å². The topological polar surface area (TPSA) is 55.1 Å². The van der Waals surface area contributed by atoms with E-state index in [0.717, 1.165) is 28.9 Å². The number of nitrogens with two attached hydrogens (primary N) is 1. The predicted molar refractivity (Wildman–Crippen MR) is 113 cm³/mol. The first-order valence-electron chi connectivity index (χ1n) is 9.27. The number of nitrogens with one attached hydrogen (secondary N) is 1. The van der Waals surface area contributed by atoms with E-state index in [1.54, 1.807) is 0 Å². The number of carbonyl (C=O) groups excluding carboxylic acids is 1. The van der Waals surface area contributed by atoms with Gasteiger partial charge in [0.15, 0.2) is 0 Å². The summed E-state index contributed by atoms with van der Waals surface area (Å²) in [6, 6.07) is 14.0. The van der Waals surface area contributed by atoms with E-state index in [2.05, 4.69) is 17.4 Å². The highest BCUT2D eigenvalue weighted by molar-refractivity contribution is 5.90. The second-order valence-corrected chi connectivity index (χ2v) is 4.71. The Morgan fingerprint density at radius 1 is 0.960 bits per heavy atom. The first-order valence-corrected chi connectivity index (χ1v) is 9.27. The molecule has 0 aromatic heterocycles. The molecular formula is C22H36N2O. The molecule has 0 heterocycles. The van der Waals surface area contributed by atoms with Crippen LogP contribution in [0.2, 0.25) is 0 Å². The smallest absolute Gasteiger partial charge is 0.221 e. The van der Waals surface area contributed by atoms with E-state index in [0.29, 0.717) is 0 Å². The van der Waals surface area contributed by atoms with Crippen LogP contribution in [-0.2, 0) is 11.2 Å². The predicted octanol–water partition coefficient (Wildman–Crippen LogP) is 6.21. The molecule has 3 N–H and O–H groups in total. The van der Waals surface area contributed by atoms with Crippen molar-refractivity contribution in [3.05, 3.63) is 59.2 Å². The van der Waals surface area contributed by atoms with Crippen LogP contribution in [-0.4, -0.2) is 5.91 Å². The van der Waals surface area contributed by atoms with E-state index in [1.807, 2.05) is 78.8 Å². The van der Waals surface area contributed by atoms with Crippen molar-refractivity contribution in [1.82, 2.24) is 0 Å². The minimum atomic E-state index is -0.0708. The first kappa shape index (κ1) is 25.0. The largest absolute Gasteiger partial charge is 0.398 e. The van der Waals surface area contributed by atoms with E-state index >= 15 is 0 Å². The number of rotatable bonds is 3. The van der Waals surface area contributed by atoms with Crippen LogP contribution in [0, 0.1) is 6.92 Å². The quantitative estimate of drug-likeness (QED) is 0.651. The Balaban J connectivity index is 0. The van der Waals surface area contributed by atoms with E-state index in [1.165, 1.54) is 12.5 Å². The molecule has 0 unspecified atom stereocenters. The number of nitrogen functional groups attached to an aromatic ring is 1. The average Bonchev–Trinajstić information content (AvgIpc) is 2.65. The fourth-order valence-electron chi connectivity index (χ4n) is 2.07. The van der Waals surface area contributed by atoms with Crippen molar-refractivity contribution in [2.75, 3.05) is 11.1 Å². The maximum Gasteiger partial charge on any atom is 0.221 e. The third kappa shape index (κ3) is 9.55. The van der Waals surface area contributed by atoms with Crippen LogP contribution in [0.3, 0.4) is 0 Å². The van der Waals surface area contributed by atoms with E-state index in [9.17, 15) is 4.79 Å². The summed E-state index contributed by atoms with van der Waals surface area (Å²) in [7, 11) is 0. The lowest BCUT2D eigenvalue weighted by atomic mass is 10.0. The van der Waals surface area contributed by atoms with Gasteiger partial charge in [0.1, 0.15) is 0 Å². The molecule has 0 saturated carbocycles. The van der Waals surface area contributed by atoms with Gasteiger partial charge in [-0.3, -0.25) is 4.79 Å². The first-order chi connectivity index (χ1) is 12.1. The zero-order chi connectivity index (χ0) is 19.8. The molecular weight excluding hydrogens is 308 g/mol. The summed E-state index contributed by atoms with van der Waals surface area (Å²) < 4.78 is 0. The summed E-state index contributed by atoms with van der Waals surface area (Å²) in [5.74, 6) is -0.0708. The maximum absolute atomic E-state index is 11.2. The molecule has 25 heavy (non-hydrogen) atoms. The van der Waals surface area contributed by atoms with E-state index < -0.39 is 0 Å². The van der Waals surface area contributed by atoms with Gasteiger partial charge in [0.2, 0.25) is 5.91 Å². The lowest BCUT2D eigenvalue weighted by Crippen LogP contribution is -2.08. The minimum Gasteiger partial charge on any atom is -0.398 e. The highest BCUT2D eigenvalue weighted by Gasteiger charge is 2.07. The minimum absolute atomic E-state index is 0.0708. The lowest BCUT2D eigenvalue weighted by molar-refractivity contribution is -0.114. The van der Waals surface area contributed by atoms with Gasteiger partial charge in [-0.05, 0) is 42.2 Å². The number of anilines is 2. The third-order valence-corrected chi connectivity index (χ3v) is 3.03. The molecule has 2 aromatic rings. The van der Waals surface area contributed by atoms with Gasteiger partial charge in [-0.25, -0.2) is 0 Å². The summed E-state index contributed by atoms with van der Waals surface area (Å²) in [6.45, 7) is 15.4. The summed E-state index contributed by atoms with van der Waals surface area (Å²) in [5.41, 5.74) is 10.8. The molecule has 3 nitrogen and oxygen atoms in total. The fraction of sp³-hybridized carbons (Fsp3) is 0.409. The summed E-state index contributed by atoms with van der Waals surface area (Å²) in [4.78, 5) is 11.2. The Morgan fingerprint density at radius 3 is 1.96 bits per heavy atom. The molecule has 0 aliphatic heterocycles. The number of amides is 1. The lowest BCUT2D eigenvalue weighted by Gasteiger charge is -2.12. The Hall–Kier alpha value is -2.29. The van der Waals surface area contributed by atoms with E-state index in [-0.39, 0.29) is 5.91 Å². The molecule has 1 amide bonds. The number of carbonyl (C=O) groups is 1. The second-order valence-electron chi connectivity index (χ2n) is 4.71. The van der Waals surface area contributed by atoms with Crippen LogP contribution in [0.25, 0.3) is 0 Å². The molecule has 0 atom stereocenters. The molecule has 0 bridgehead atoms. The van der Waals surface area contributed by atoms with Gasteiger partial charge in [-0.1, -0.05) is 71.9 Å². The van der Waals surface area contributed by atoms with Gasteiger partial charge >= 0.3 is 0 Å². The van der Waals surface area contributed by atoms with E-state index in [4.69, 9.17) is 5.73 Å². The number of hydrogen-bond donors (Lipinski definition) is 2. The molecule has 3 heteroatoms. The van der Waals surface area contributed by atoms with Crippen LogP contribution in [0.5, 0.6) is 0 Å². The van der Waals surface area contributed by atoms with Crippen molar-refractivity contribution >= 4 is 17.3 Å². The Labute approximate surface area is 154 Å². The number of benzene rings is 2. The van der Waals surface area contributed by atoms with Gasteiger partial charge in [0.25, 0.3) is 0 Å². The van der Waals surface area contributed by atoms with Gasteiger partial charge in [-0.15, -0.1) is 0 Å². The highest BCUT2D eigenvalue weighted by Crippen LogP contribution is 2.25. The van der Waals surface area contributed by atoms with Crippen LogP contribution in [0.15, 0.2) is 42.5 Å². The SMILES string of the molecule is CC.CC.CC.CC(=O)Nc1cc(Cc2ccccc2)c(N)cc1C. The van der Waals surface area contributed by atoms with Gasteiger partial charge in [0.05, 0.1) is 0 Å². The van der Waals surface area contributed by atoms with Crippen molar-refractivity contribution < 1.29 is 4.79 Å². The third-order valence-electron chi connectivity index (χ3n) is 3.03. The molecule has 0 aliphatic carbocycles. The zero-order valence-electron chi connectivity index (χ0n) is 17.2. The van der Waals surface area contributed by atoms with Crippen LogP contribution >= 0.6 is 0 Å². The summed E-state index contributed by atoms with van der Waals surface area (Å²) in [5, 5.41) is 2.83. The fourth-order valence-corrected chi connectivity index (χ4v) is 2.07. The Morgan fingerprint density at radius 2 is 1.48 bits per heavy atom. The highest BCUT2D eigenvalue weighted by atomic mass is 16.1. The van der Waals surface area contributed by atoms with Crippen molar-refractivity contribution in [2.24, 2.45) is 0 Å². The zero-order valence-corrected chi connectivity index (χ0v) is 17.2. The van der Waals surface area contributed by atoms with Crippen molar-refractivity contribution in [2.45, 2.75) is 61.8 Å². The molecule has 2 aromatic carbocycles. The van der Waals surface area contributed by atoms with Crippen LogP contribution in [0.1, 0.15) is 65.2 Å². The van der Waals surface area contributed by atoms with Crippen molar-refractivity contribution in [1.29, 1.82) is 0 Å². The summed E-state index contributed by atoms with van der Waals surface area (Å²) >= 11 is 0. The molecule has 0 aliphatic rings. The molecule has 0 spiro atoms. The Kier molecular flexibility index (Phi) is 15.2. The molecule has 0 fully saturated rings. The van der Waals surface area contributed by atoms with Crippen molar-refractivity contribution in [3.63, 3.8) is 0 Å². The standard InChI is InChI=1S/C16H18N2O.3C2H6/c1-11-8-15(17)14(10-16(11)18-12(2)19)9-13-6-4-3-5-7-13;3*1-2/h3-8,10H,9,17H2,1-2H3,(H,18,19);3*1-2H3. The van der Waals surface area contributed by atoms with Gasteiger partial charge < -0.3 is 11.1 Å². The molecule has 2 rings (SSSR count). The molecule has 0 radical (unpaired) electrons. The monoisotopic (exact) mass is 344 g/mol. The number of aryl methyl sites for hydroxylation is 1.